The third-order valence-electron chi connectivity index (χ3n) is 1.88. The third-order valence-corrected chi connectivity index (χ3v) is 4.15. The fraction of sp³-hybridized carbons (Fsp3) is 0.250. The molecule has 0 unspecified atom stereocenters. The molecule has 9 heavy (non-hydrogen) atoms. The maximum absolute atomic E-state index is 2.22. The first-order chi connectivity index (χ1) is 4.22. The van der Waals surface area contributed by atoms with Crippen LogP contribution in [0.25, 0.3) is 0 Å². The molecule has 1 heteroatoms. The van der Waals surface area contributed by atoms with Crippen LogP contribution in [0.3, 0.4) is 0 Å². The average Bonchev–Trinajstić information content (AvgIpc) is 1.83. The first-order valence-electron chi connectivity index (χ1n) is 3.24. The zero-order valence-electron chi connectivity index (χ0n) is 6.23. The molecule has 0 heterocycles. The minimum atomic E-state index is 0.836. The van der Waals surface area contributed by atoms with Gasteiger partial charge in [-0.3, -0.25) is 0 Å². The van der Waals surface area contributed by atoms with Crippen LogP contribution in [0.1, 0.15) is 11.1 Å². The Morgan fingerprint density at radius 1 is 1.22 bits per heavy atom. The first-order valence-corrected chi connectivity index (χ1v) is 5.34. The quantitative estimate of drug-likeness (QED) is 0.504. The molecule has 1 aromatic rings. The number of aryl methyl sites for hydroxylation is 1. The molecule has 48 valence electrons. The molecule has 0 aliphatic rings. The summed E-state index contributed by atoms with van der Waals surface area (Å²) < 4.78 is 1.57. The molecular formula is C8H12Ge. The second kappa shape index (κ2) is 2.57. The summed E-state index contributed by atoms with van der Waals surface area (Å²) in [6.45, 7) is 4.38. The van der Waals surface area contributed by atoms with E-state index in [-0.39, 0.29) is 0 Å². The normalized spacial score (nSPS) is 10.0. The van der Waals surface area contributed by atoms with E-state index in [0.717, 1.165) is 16.5 Å². The topological polar surface area (TPSA) is 0 Å². The van der Waals surface area contributed by atoms with Crippen LogP contribution in [0.5, 0.6) is 0 Å². The van der Waals surface area contributed by atoms with Crippen molar-refractivity contribution in [3.8, 4) is 0 Å². The molecule has 0 spiro atoms. The number of hydrogen-bond acceptors (Lipinski definition) is 0. The van der Waals surface area contributed by atoms with E-state index in [4.69, 9.17) is 0 Å². The van der Waals surface area contributed by atoms with Crippen molar-refractivity contribution in [2.75, 3.05) is 0 Å². The molecule has 1 aromatic carbocycles. The summed E-state index contributed by atoms with van der Waals surface area (Å²) in [6.07, 6.45) is 0. The molecule has 0 aromatic heterocycles. The van der Waals surface area contributed by atoms with E-state index >= 15 is 0 Å². The molecule has 0 bridgehead atoms. The summed E-state index contributed by atoms with van der Waals surface area (Å²) in [5.74, 6) is 0. The van der Waals surface area contributed by atoms with Crippen LogP contribution in [-0.2, 0) is 0 Å². The third kappa shape index (κ3) is 1.36. The van der Waals surface area contributed by atoms with E-state index in [2.05, 4.69) is 32.0 Å². The van der Waals surface area contributed by atoms with Gasteiger partial charge in [-0.05, 0) is 0 Å². The Labute approximate surface area is 64.5 Å². The zero-order chi connectivity index (χ0) is 6.85. The fourth-order valence-corrected chi connectivity index (χ4v) is 2.13. The van der Waals surface area contributed by atoms with Crippen molar-refractivity contribution in [1.29, 1.82) is 0 Å². The van der Waals surface area contributed by atoms with Crippen LogP contribution >= 0.6 is 0 Å². The van der Waals surface area contributed by atoms with Crippen LogP contribution < -0.4 is 4.40 Å². The molecule has 0 N–H and O–H groups in total. The summed E-state index contributed by atoms with van der Waals surface area (Å²) >= 11 is 0.836. The van der Waals surface area contributed by atoms with Crippen molar-refractivity contribution >= 4 is 20.9 Å². The van der Waals surface area contributed by atoms with Gasteiger partial charge in [-0.25, -0.2) is 0 Å². The maximum atomic E-state index is 2.22. The second-order valence-corrected chi connectivity index (χ2v) is 4.78. The summed E-state index contributed by atoms with van der Waals surface area (Å²) in [7, 11) is 0. The van der Waals surface area contributed by atoms with Crippen molar-refractivity contribution in [1.82, 2.24) is 0 Å². The molecule has 0 fully saturated rings. The molecule has 0 aliphatic carbocycles. The number of rotatable bonds is 0. The Balaban J connectivity index is 3.25. The van der Waals surface area contributed by atoms with Gasteiger partial charge < -0.3 is 0 Å². The van der Waals surface area contributed by atoms with Crippen LogP contribution in [-0.4, -0.2) is 16.5 Å². The molecule has 0 saturated carbocycles. The van der Waals surface area contributed by atoms with Crippen LogP contribution in [0.2, 0.25) is 0 Å². The van der Waals surface area contributed by atoms with E-state index in [1.807, 2.05) is 0 Å². The molecule has 0 nitrogen and oxygen atoms in total. The van der Waals surface area contributed by atoms with Gasteiger partial charge in [0.15, 0.2) is 0 Å². The van der Waals surface area contributed by atoms with Crippen LogP contribution in [0.4, 0.5) is 0 Å². The molecule has 0 atom stereocenters. The standard InChI is InChI=1S/C8H12Ge/c1-6-4-3-5-8(9)7(6)2/h3-5H,1-2,9H3. The zero-order valence-corrected chi connectivity index (χ0v) is 10.4. The van der Waals surface area contributed by atoms with Gasteiger partial charge in [-0.2, -0.15) is 0 Å². The van der Waals surface area contributed by atoms with E-state index in [0.29, 0.717) is 0 Å². The van der Waals surface area contributed by atoms with E-state index in [9.17, 15) is 0 Å². The predicted molar refractivity (Wildman–Crippen MR) is 45.5 cm³/mol. The molecule has 0 saturated heterocycles. The Morgan fingerprint density at radius 2 is 1.89 bits per heavy atom. The van der Waals surface area contributed by atoms with Gasteiger partial charge in [-0.1, -0.05) is 0 Å². The monoisotopic (exact) mass is 182 g/mol. The Hall–Kier alpha value is -0.237. The molecule has 1 rings (SSSR count). The fourth-order valence-electron chi connectivity index (χ4n) is 0.898. The molecule has 0 aliphatic heterocycles. The Bertz CT molecular complexity index is 196. The van der Waals surface area contributed by atoms with Gasteiger partial charge >= 0.3 is 64.1 Å². The minimum absolute atomic E-state index is 0.836. The summed E-state index contributed by atoms with van der Waals surface area (Å²) in [4.78, 5) is 0. The van der Waals surface area contributed by atoms with Gasteiger partial charge in [0.2, 0.25) is 0 Å². The van der Waals surface area contributed by atoms with Crippen molar-refractivity contribution in [2.45, 2.75) is 13.8 Å². The molecule has 0 amide bonds. The SMILES string of the molecule is Cc1ccc[c]([GeH3])c1C. The van der Waals surface area contributed by atoms with Gasteiger partial charge in [0.25, 0.3) is 0 Å². The van der Waals surface area contributed by atoms with E-state index in [1.54, 1.807) is 4.40 Å². The van der Waals surface area contributed by atoms with E-state index in [1.165, 1.54) is 11.1 Å². The van der Waals surface area contributed by atoms with Crippen molar-refractivity contribution in [3.63, 3.8) is 0 Å². The van der Waals surface area contributed by atoms with Crippen molar-refractivity contribution in [3.05, 3.63) is 29.3 Å². The molecular weight excluding hydrogens is 169 g/mol. The molecule has 0 radical (unpaired) electrons. The van der Waals surface area contributed by atoms with Crippen LogP contribution in [0, 0.1) is 13.8 Å². The van der Waals surface area contributed by atoms with Gasteiger partial charge in [0.1, 0.15) is 0 Å². The second-order valence-electron chi connectivity index (χ2n) is 2.52. The predicted octanol–water partition coefficient (Wildman–Crippen LogP) is 0.294. The Kier molecular flexibility index (Phi) is 1.96. The van der Waals surface area contributed by atoms with E-state index < -0.39 is 0 Å². The Morgan fingerprint density at radius 3 is 2.33 bits per heavy atom. The van der Waals surface area contributed by atoms with Gasteiger partial charge in [-0.15, -0.1) is 0 Å². The van der Waals surface area contributed by atoms with Crippen molar-refractivity contribution < 1.29 is 0 Å². The van der Waals surface area contributed by atoms with Crippen molar-refractivity contribution in [2.24, 2.45) is 0 Å². The van der Waals surface area contributed by atoms with Crippen LogP contribution in [0.15, 0.2) is 18.2 Å². The van der Waals surface area contributed by atoms with Gasteiger partial charge in [0.05, 0.1) is 0 Å². The number of benzene rings is 1. The first kappa shape index (κ1) is 6.88. The van der Waals surface area contributed by atoms with Gasteiger partial charge in [0, 0.05) is 0 Å². The average molecular weight is 181 g/mol. The number of hydrogen-bond donors (Lipinski definition) is 0. The summed E-state index contributed by atoms with van der Waals surface area (Å²) in [5, 5.41) is 0. The summed E-state index contributed by atoms with van der Waals surface area (Å²) in [6, 6.07) is 6.54. The summed E-state index contributed by atoms with van der Waals surface area (Å²) in [5.41, 5.74) is 2.93.